The van der Waals surface area contributed by atoms with Gasteiger partial charge in [0.05, 0.1) is 0 Å². The van der Waals surface area contributed by atoms with Gasteiger partial charge in [-0.05, 0) is 16.7 Å². The van der Waals surface area contributed by atoms with Gasteiger partial charge in [-0.15, -0.1) is 0 Å². The molecule has 252 valence electrons. The second kappa shape index (κ2) is 18.6. The summed E-state index contributed by atoms with van der Waals surface area (Å²) in [6.45, 7) is 8.47. The van der Waals surface area contributed by atoms with Crippen LogP contribution in [0.1, 0.15) is 93.7 Å². The van der Waals surface area contributed by atoms with E-state index in [1.54, 1.807) is 3.58 Å². The number of hydrogen-bond acceptors (Lipinski definition) is 2. The van der Waals surface area contributed by atoms with Crippen molar-refractivity contribution in [2.24, 2.45) is 0 Å². The van der Waals surface area contributed by atoms with Crippen LogP contribution in [-0.4, -0.2) is 34.5 Å². The van der Waals surface area contributed by atoms with Crippen molar-refractivity contribution in [3.05, 3.63) is 156 Å². The Morgan fingerprint density at radius 1 is 0.604 bits per heavy atom. The molecule has 1 aromatic heterocycles. The maximum absolute atomic E-state index is 6.23. The Morgan fingerprint density at radius 3 is 1.54 bits per heavy atom. The molecule has 0 atom stereocenters. The molecule has 0 aliphatic rings. The first-order valence-electron chi connectivity index (χ1n) is 18.5. The van der Waals surface area contributed by atoms with E-state index in [9.17, 15) is 0 Å². The number of rotatable bonds is 20. The number of imidazole rings is 1. The summed E-state index contributed by atoms with van der Waals surface area (Å²) >= 11 is -2.38. The van der Waals surface area contributed by atoms with Crippen LogP contribution in [0.15, 0.2) is 128 Å². The van der Waals surface area contributed by atoms with E-state index in [4.69, 9.17) is 9.72 Å². The monoisotopic (exact) mass is 748 g/mol. The van der Waals surface area contributed by atoms with Gasteiger partial charge in [0, 0.05) is 0 Å². The van der Waals surface area contributed by atoms with Gasteiger partial charge in [0.1, 0.15) is 5.54 Å². The average Bonchev–Trinajstić information content (AvgIpc) is 3.62. The van der Waals surface area contributed by atoms with Gasteiger partial charge in [-0.3, -0.25) is 0 Å². The molecule has 0 amide bonds. The number of aryl methyl sites for hydroxylation is 1. The molecule has 4 heteroatoms. The fourth-order valence-electron chi connectivity index (χ4n) is 7.51. The molecule has 1 heterocycles. The first-order chi connectivity index (χ1) is 23.7. The minimum atomic E-state index is -2.38. The van der Waals surface area contributed by atoms with Crippen LogP contribution in [0.5, 0.6) is 0 Å². The Balaban J connectivity index is 1.25. The van der Waals surface area contributed by atoms with Gasteiger partial charge in [0.25, 0.3) is 0 Å². The number of ether oxygens (including phenoxy) is 1. The summed E-state index contributed by atoms with van der Waals surface area (Å²) in [6.07, 6.45) is 14.2. The molecule has 4 aromatic carbocycles. The standard InChI is InChI=1S/C32H29N2O.3C4H9.Sn/c1-5-14-27(15-6-1)25-35-23-13-22-31-24-34(26-33-31)32(28-16-7-2-8-17-28,29-18-9-3-10-19-29)30-20-11-4-12-21-30;3*1-3-4-2;/h2-12,14-21,24,26H,13,22-23,25H2;3*1,3-4H2,2H3;. The van der Waals surface area contributed by atoms with E-state index in [0.717, 1.165) is 25.1 Å². The first kappa shape index (κ1) is 36.1. The van der Waals surface area contributed by atoms with E-state index in [1.165, 1.54) is 74.1 Å². The Hall–Kier alpha value is -3.15. The maximum atomic E-state index is 6.23. The van der Waals surface area contributed by atoms with Crippen LogP contribution in [0.25, 0.3) is 0 Å². The fraction of sp³-hybridized carbons (Fsp3) is 0.386. The van der Waals surface area contributed by atoms with Crippen LogP contribution < -0.4 is 3.58 Å². The van der Waals surface area contributed by atoms with E-state index < -0.39 is 23.9 Å². The van der Waals surface area contributed by atoms with E-state index in [2.05, 4.69) is 147 Å². The summed E-state index contributed by atoms with van der Waals surface area (Å²) in [5.41, 5.74) is 5.49. The molecule has 0 saturated heterocycles. The van der Waals surface area contributed by atoms with Crippen LogP contribution in [0.2, 0.25) is 13.3 Å². The third-order valence-electron chi connectivity index (χ3n) is 10.2. The Bertz CT molecular complexity index is 1480. The molecular weight excluding hydrogens is 691 g/mol. The van der Waals surface area contributed by atoms with E-state index in [-0.39, 0.29) is 0 Å². The van der Waals surface area contributed by atoms with Gasteiger partial charge in [0.2, 0.25) is 0 Å². The number of hydrogen-bond donors (Lipinski definition) is 0. The van der Waals surface area contributed by atoms with Gasteiger partial charge in [-0.2, -0.15) is 0 Å². The molecule has 5 aromatic rings. The third-order valence-corrected chi connectivity index (χ3v) is 25.9. The molecule has 0 fully saturated rings. The molecule has 5 rings (SSSR count). The predicted molar refractivity (Wildman–Crippen MR) is 206 cm³/mol. The molecule has 0 aliphatic carbocycles. The molecule has 0 saturated carbocycles. The van der Waals surface area contributed by atoms with Crippen molar-refractivity contribution in [1.29, 1.82) is 0 Å². The SMILES string of the molecule is CCC[CH2][Sn]([CH2]CCC)([CH2]CCC)[c]1ccc(COCCCc2cn(C(c3ccccc3)(c3ccccc3)c3ccccc3)cn2)cc1. The number of unbranched alkanes of at least 4 members (excludes halogenated alkanes) is 3. The summed E-state index contributed by atoms with van der Waals surface area (Å²) in [7, 11) is 0. The van der Waals surface area contributed by atoms with Gasteiger partial charge in [-0.1, -0.05) is 91.0 Å². The van der Waals surface area contributed by atoms with Crippen LogP contribution in [0.3, 0.4) is 0 Å². The average molecular weight is 748 g/mol. The quantitative estimate of drug-likeness (QED) is 0.0450. The molecule has 0 bridgehead atoms. The summed E-state index contributed by atoms with van der Waals surface area (Å²) in [6, 6.07) is 42.1. The van der Waals surface area contributed by atoms with Crippen molar-refractivity contribution >= 4 is 22.0 Å². The number of benzene rings is 4. The van der Waals surface area contributed by atoms with E-state index >= 15 is 0 Å². The predicted octanol–water partition coefficient (Wildman–Crippen LogP) is 10.9. The number of nitrogens with zero attached hydrogens (tertiary/aromatic N) is 2. The van der Waals surface area contributed by atoms with Gasteiger partial charge in [-0.25, -0.2) is 0 Å². The zero-order valence-corrected chi connectivity index (χ0v) is 32.5. The molecule has 0 unspecified atom stereocenters. The molecule has 0 N–H and O–H groups in total. The molecule has 0 spiro atoms. The minimum absolute atomic E-state index is 0.525. The van der Waals surface area contributed by atoms with Crippen molar-refractivity contribution < 1.29 is 4.74 Å². The van der Waals surface area contributed by atoms with E-state index in [0.29, 0.717) is 6.61 Å². The summed E-state index contributed by atoms with van der Waals surface area (Å²) in [5.74, 6) is 0. The van der Waals surface area contributed by atoms with Crippen molar-refractivity contribution in [2.75, 3.05) is 6.61 Å². The Morgan fingerprint density at radius 2 is 1.08 bits per heavy atom. The van der Waals surface area contributed by atoms with Gasteiger partial charge >= 0.3 is 183 Å². The zero-order valence-electron chi connectivity index (χ0n) is 29.6. The summed E-state index contributed by atoms with van der Waals surface area (Å²) in [5, 5.41) is 0. The third kappa shape index (κ3) is 8.70. The summed E-state index contributed by atoms with van der Waals surface area (Å²) < 4.78 is 14.8. The first-order valence-corrected chi connectivity index (χ1v) is 26.0. The van der Waals surface area contributed by atoms with Crippen LogP contribution in [0.4, 0.5) is 0 Å². The molecule has 3 nitrogen and oxygen atoms in total. The summed E-state index contributed by atoms with van der Waals surface area (Å²) in [4.78, 5) is 4.92. The molecule has 0 aliphatic heterocycles. The zero-order chi connectivity index (χ0) is 33.5. The van der Waals surface area contributed by atoms with Gasteiger partial charge < -0.3 is 0 Å². The topological polar surface area (TPSA) is 27.1 Å². The van der Waals surface area contributed by atoms with E-state index in [1.807, 2.05) is 6.33 Å². The van der Waals surface area contributed by atoms with Crippen molar-refractivity contribution in [3.8, 4) is 0 Å². The fourth-order valence-corrected chi connectivity index (χ4v) is 23.4. The van der Waals surface area contributed by atoms with Crippen LogP contribution in [0, 0.1) is 0 Å². The Labute approximate surface area is 294 Å². The molecule has 0 radical (unpaired) electrons. The van der Waals surface area contributed by atoms with Crippen molar-refractivity contribution in [1.82, 2.24) is 9.55 Å². The molecule has 48 heavy (non-hydrogen) atoms. The Kier molecular flexibility index (Phi) is 14.0. The molecular formula is C44H56N2OSn. The van der Waals surface area contributed by atoms with Crippen molar-refractivity contribution in [3.63, 3.8) is 0 Å². The second-order valence-electron chi connectivity index (χ2n) is 13.5. The van der Waals surface area contributed by atoms with Crippen molar-refractivity contribution in [2.45, 2.75) is 97.6 Å². The van der Waals surface area contributed by atoms with Crippen LogP contribution >= 0.6 is 0 Å². The normalized spacial score (nSPS) is 12.0. The second-order valence-corrected chi connectivity index (χ2v) is 26.8. The van der Waals surface area contributed by atoms with Gasteiger partial charge in [0.15, 0.2) is 0 Å². The number of aromatic nitrogens is 2. The van der Waals surface area contributed by atoms with Crippen LogP contribution in [-0.2, 0) is 23.3 Å².